The Balaban J connectivity index is -0.000000164. The molecule has 0 saturated carbocycles. The number of ether oxygens (including phenoxy) is 6. The maximum absolute atomic E-state index is 11.0. The van der Waals surface area contributed by atoms with Gasteiger partial charge in [-0.05, 0) is 116 Å². The summed E-state index contributed by atoms with van der Waals surface area (Å²) in [6.45, 7) is 68.0. The second-order valence-electron chi connectivity index (χ2n) is 30.0. The average molecular weight is 1190 g/mol. The van der Waals surface area contributed by atoms with Crippen molar-refractivity contribution in [2.24, 2.45) is 37.9 Å². The minimum Gasteiger partial charge on any atom is -0.382 e. The van der Waals surface area contributed by atoms with Gasteiger partial charge in [0, 0.05) is 104 Å². The van der Waals surface area contributed by atoms with E-state index in [9.17, 15) is 24.0 Å². The lowest BCUT2D eigenvalue weighted by molar-refractivity contribution is -0.123. The van der Waals surface area contributed by atoms with Crippen molar-refractivity contribution < 1.29 is 52.4 Å². The number of nitrogens with one attached hydrogen (secondary N) is 2. The van der Waals surface area contributed by atoms with Gasteiger partial charge in [-0.1, -0.05) is 186 Å². The average Bonchev–Trinajstić information content (AvgIpc) is 3.32. The molecule has 0 aromatic rings. The summed E-state index contributed by atoms with van der Waals surface area (Å²) < 4.78 is 31.9. The van der Waals surface area contributed by atoms with Crippen molar-refractivity contribution in [1.82, 2.24) is 10.6 Å². The Bertz CT molecular complexity index is 1430. The van der Waals surface area contributed by atoms with Gasteiger partial charge in [0.1, 0.15) is 30.8 Å². The maximum atomic E-state index is 11.0. The van der Waals surface area contributed by atoms with Crippen molar-refractivity contribution >= 4 is 29.2 Å². The monoisotopic (exact) mass is 1190 g/mol. The number of amides is 2. The van der Waals surface area contributed by atoms with Gasteiger partial charge in [0.05, 0.1) is 6.61 Å². The van der Waals surface area contributed by atoms with Crippen LogP contribution in [0, 0.1) is 37.9 Å². The smallest absolute Gasteiger partial charge is 0.221 e. The fourth-order valence-corrected chi connectivity index (χ4v) is 5.77. The number of carbonyl (C=O) groups excluding carboxylic acids is 5. The van der Waals surface area contributed by atoms with Crippen LogP contribution >= 0.6 is 0 Å². The lowest BCUT2D eigenvalue weighted by Gasteiger charge is -2.17. The third kappa shape index (κ3) is 119. The Morgan fingerprint density at radius 3 is 0.831 bits per heavy atom. The minimum absolute atomic E-state index is 0.0377. The molecule has 2 N–H and O–H groups in total. The van der Waals surface area contributed by atoms with Gasteiger partial charge in [-0.15, -0.1) is 0 Å². The molecular weight excluding hydrogens is 1040 g/mol. The second kappa shape index (κ2) is 57.5. The van der Waals surface area contributed by atoms with Crippen molar-refractivity contribution in [2.45, 2.75) is 309 Å². The molecule has 0 aromatic heterocycles. The fourth-order valence-electron chi connectivity index (χ4n) is 5.77. The van der Waals surface area contributed by atoms with Crippen LogP contribution in [0.1, 0.15) is 309 Å². The highest BCUT2D eigenvalue weighted by Gasteiger charge is 2.13. The summed E-state index contributed by atoms with van der Waals surface area (Å²) >= 11 is 0. The largest absolute Gasteiger partial charge is 0.382 e. The first kappa shape index (κ1) is 94.4. The van der Waals surface area contributed by atoms with Crippen LogP contribution in [-0.2, 0) is 52.4 Å². The van der Waals surface area contributed by atoms with Crippen LogP contribution in [0.3, 0.4) is 0 Å². The van der Waals surface area contributed by atoms with Crippen molar-refractivity contribution in [3.8, 4) is 0 Å². The van der Waals surface area contributed by atoms with E-state index in [2.05, 4.69) is 163 Å². The molecule has 13 heteroatoms. The number of ketones is 3. The van der Waals surface area contributed by atoms with Crippen molar-refractivity contribution in [3.63, 3.8) is 0 Å². The van der Waals surface area contributed by atoms with E-state index >= 15 is 0 Å². The molecule has 0 aliphatic carbocycles. The predicted molar refractivity (Wildman–Crippen MR) is 355 cm³/mol. The van der Waals surface area contributed by atoms with Gasteiger partial charge >= 0.3 is 0 Å². The lowest BCUT2D eigenvalue weighted by Crippen LogP contribution is -2.25. The summed E-state index contributed by atoms with van der Waals surface area (Å²) in [6.07, 6.45) is 16.2. The third-order valence-corrected chi connectivity index (χ3v) is 11.7. The van der Waals surface area contributed by atoms with Gasteiger partial charge in [0.15, 0.2) is 0 Å². The molecule has 0 rings (SSSR count). The van der Waals surface area contributed by atoms with Gasteiger partial charge in [-0.3, -0.25) is 24.0 Å². The second-order valence-corrected chi connectivity index (χ2v) is 30.0. The van der Waals surface area contributed by atoms with Crippen molar-refractivity contribution in [1.29, 1.82) is 0 Å². The SMILES string of the molecule is CC(=O)CCOCCC(C)(C)C.CCC(=O)CCCOCCC(C)(C)C.CCC(=O)CCCOCCCC(C)(C)C.CCC(=O)NCOCCC(C)(C)C.CCC(=O)NCOCCC(C)(C)C.CCCC(C)(C)C.CCOCCC(C)(C)C. The Morgan fingerprint density at radius 2 is 0.578 bits per heavy atom. The summed E-state index contributed by atoms with van der Waals surface area (Å²) in [6, 6.07) is 0. The van der Waals surface area contributed by atoms with Crippen LogP contribution in [0.5, 0.6) is 0 Å². The maximum Gasteiger partial charge on any atom is 0.221 e. The molecule has 0 heterocycles. The van der Waals surface area contributed by atoms with Gasteiger partial charge in [-0.2, -0.15) is 0 Å². The summed E-state index contributed by atoms with van der Waals surface area (Å²) in [7, 11) is 0. The highest BCUT2D eigenvalue weighted by atomic mass is 16.5. The first-order valence-corrected chi connectivity index (χ1v) is 32.4. The predicted octanol–water partition coefficient (Wildman–Crippen LogP) is 18.3. The molecule has 2 amide bonds. The number of hydrogen-bond donors (Lipinski definition) is 2. The van der Waals surface area contributed by atoms with E-state index in [1.54, 1.807) is 6.92 Å². The summed E-state index contributed by atoms with van der Waals surface area (Å²) in [4.78, 5) is 54.0. The highest BCUT2D eigenvalue weighted by Crippen LogP contribution is 2.22. The number of rotatable bonds is 34. The van der Waals surface area contributed by atoms with Gasteiger partial charge in [-0.25, -0.2) is 0 Å². The minimum atomic E-state index is 0.0377. The molecule has 0 aliphatic rings. The molecule has 83 heavy (non-hydrogen) atoms. The fraction of sp³-hybridized carbons (Fsp3) is 0.929. The zero-order valence-corrected chi connectivity index (χ0v) is 60.7. The van der Waals surface area contributed by atoms with E-state index in [1.165, 1.54) is 19.3 Å². The third-order valence-electron chi connectivity index (χ3n) is 11.7. The standard InChI is InChI=1S/C13H26O2.C12H24O2.2C10H21NO2.C10H20O2.C8H18O.C7H16/c1-5-12(14)8-6-10-15-11-7-9-13(2,3)4;1-5-11(13)7-6-9-14-10-8-12(2,3)4;2*1-5-9(12)11-8-13-7-6-10(2,3)4;1-9(11)5-7-12-8-6-10(2,3)4;1-5-9-7-6-8(2,3)4;1-5-6-7(2,3)4/h5-11H2,1-4H3;5-10H2,1-4H3;2*5-8H2,1-4H3,(H,11,12);5-8H2,1-4H3;5-7H2,1-4H3;5-6H2,1-4H3. The molecule has 0 bridgehead atoms. The molecule has 0 saturated heterocycles. The molecule has 0 aromatic carbocycles. The van der Waals surface area contributed by atoms with E-state index in [0.717, 1.165) is 97.6 Å². The lowest BCUT2D eigenvalue weighted by atomic mass is 9.91. The quantitative estimate of drug-likeness (QED) is 0.0465. The van der Waals surface area contributed by atoms with E-state index in [1.807, 2.05) is 34.6 Å². The van der Waals surface area contributed by atoms with E-state index in [0.29, 0.717) is 128 Å². The molecule has 0 aliphatic heterocycles. The van der Waals surface area contributed by atoms with Crippen molar-refractivity contribution in [3.05, 3.63) is 0 Å². The number of Topliss-reactive ketones (excluding diaryl/α,β-unsaturated/α-hetero) is 3. The van der Waals surface area contributed by atoms with Crippen LogP contribution in [0.4, 0.5) is 0 Å². The molecule has 0 radical (unpaired) electrons. The van der Waals surface area contributed by atoms with Gasteiger partial charge < -0.3 is 39.1 Å². The van der Waals surface area contributed by atoms with E-state index in [-0.39, 0.29) is 17.6 Å². The van der Waals surface area contributed by atoms with Crippen molar-refractivity contribution in [2.75, 3.05) is 79.5 Å². The van der Waals surface area contributed by atoms with E-state index in [4.69, 9.17) is 28.4 Å². The molecule has 0 unspecified atom stereocenters. The van der Waals surface area contributed by atoms with Crippen LogP contribution in [0.2, 0.25) is 0 Å². The first-order valence-electron chi connectivity index (χ1n) is 32.4. The summed E-state index contributed by atoms with van der Waals surface area (Å²) in [5.74, 6) is 0.954. The topological polar surface area (TPSA) is 165 Å². The zero-order chi connectivity index (χ0) is 66.3. The van der Waals surface area contributed by atoms with Crippen LogP contribution in [0.15, 0.2) is 0 Å². The first-order chi connectivity index (χ1) is 37.9. The zero-order valence-electron chi connectivity index (χ0n) is 60.7. The Hall–Kier alpha value is -2.29. The molecule has 0 atom stereocenters. The van der Waals surface area contributed by atoms with Crippen LogP contribution in [0.25, 0.3) is 0 Å². The van der Waals surface area contributed by atoms with Gasteiger partial charge in [0.25, 0.3) is 0 Å². The number of carbonyl (C=O) groups is 5. The highest BCUT2D eigenvalue weighted by molar-refractivity contribution is 5.78. The van der Waals surface area contributed by atoms with Gasteiger partial charge in [0.2, 0.25) is 11.8 Å². The van der Waals surface area contributed by atoms with Crippen LogP contribution in [-0.4, -0.2) is 109 Å². The van der Waals surface area contributed by atoms with E-state index < -0.39 is 0 Å². The molecule has 0 spiro atoms. The normalized spacial score (nSPS) is 11.7. The Kier molecular flexibility index (Phi) is 65.3. The molecular formula is C70H146N2O11. The summed E-state index contributed by atoms with van der Waals surface area (Å²) in [5, 5.41) is 5.31. The Morgan fingerprint density at radius 1 is 0.301 bits per heavy atom. The molecule has 502 valence electrons. The number of hydrogen-bond acceptors (Lipinski definition) is 11. The summed E-state index contributed by atoms with van der Waals surface area (Å²) in [5.41, 5.74) is 2.66. The van der Waals surface area contributed by atoms with Crippen LogP contribution < -0.4 is 10.6 Å². The Labute approximate surface area is 517 Å². The molecule has 0 fully saturated rings. The molecule has 13 nitrogen and oxygen atoms in total.